The van der Waals surface area contributed by atoms with Gasteiger partial charge < -0.3 is 14.2 Å². The summed E-state index contributed by atoms with van der Waals surface area (Å²) in [6, 6.07) is 11.5. The van der Waals surface area contributed by atoms with Crippen LogP contribution in [-0.2, 0) is 0 Å². The minimum absolute atomic E-state index is 0.0665. The lowest BCUT2D eigenvalue weighted by Crippen LogP contribution is -2.48. The molecule has 0 bridgehead atoms. The van der Waals surface area contributed by atoms with E-state index in [4.69, 9.17) is 26.4 Å². The predicted octanol–water partition coefficient (Wildman–Crippen LogP) is 2.44. The van der Waals surface area contributed by atoms with Crippen molar-refractivity contribution in [1.82, 2.24) is 16.2 Å². The largest absolute Gasteiger partial charge is 0.493 e. The summed E-state index contributed by atoms with van der Waals surface area (Å²) in [5, 5.41) is 2.43. The van der Waals surface area contributed by atoms with Gasteiger partial charge in [-0.3, -0.25) is 25.8 Å². The Labute approximate surface area is 174 Å². The van der Waals surface area contributed by atoms with Crippen LogP contribution in [0, 0.1) is 0 Å². The van der Waals surface area contributed by atoms with Crippen molar-refractivity contribution in [2.24, 2.45) is 0 Å². The number of hydrogen-bond acceptors (Lipinski definition) is 6. The summed E-state index contributed by atoms with van der Waals surface area (Å²) in [5.41, 5.74) is 5.56. The van der Waals surface area contributed by atoms with Crippen LogP contribution in [0.1, 0.15) is 34.6 Å². The van der Waals surface area contributed by atoms with Gasteiger partial charge in [-0.05, 0) is 56.4 Å². The molecule has 0 spiro atoms. The molecule has 0 aliphatic carbocycles. The zero-order valence-corrected chi connectivity index (χ0v) is 17.4. The molecule has 8 nitrogen and oxygen atoms in total. The molecule has 0 aromatic heterocycles. The number of carbonyl (C=O) groups excluding carboxylic acids is 2. The maximum absolute atomic E-state index is 12.5. The number of carbonyl (C=O) groups is 2. The highest BCUT2D eigenvalue weighted by Crippen LogP contribution is 2.27. The molecule has 0 heterocycles. The minimum Gasteiger partial charge on any atom is -0.493 e. The Morgan fingerprint density at radius 2 is 1.59 bits per heavy atom. The molecule has 2 rings (SSSR count). The third kappa shape index (κ3) is 6.08. The Hall–Kier alpha value is -3.33. The maximum atomic E-state index is 12.5. The zero-order valence-electron chi connectivity index (χ0n) is 16.6. The zero-order chi connectivity index (χ0) is 21.4. The summed E-state index contributed by atoms with van der Waals surface area (Å²) in [6.45, 7) is 3.73. The van der Waals surface area contributed by atoms with Crippen molar-refractivity contribution >= 4 is 29.1 Å². The summed E-state index contributed by atoms with van der Waals surface area (Å²) in [6.07, 6.45) is -0.0881. The van der Waals surface area contributed by atoms with Gasteiger partial charge in [0.25, 0.3) is 11.8 Å². The normalized spacial score (nSPS) is 10.1. The van der Waals surface area contributed by atoms with Gasteiger partial charge >= 0.3 is 0 Å². The lowest BCUT2D eigenvalue weighted by Gasteiger charge is -2.15. The van der Waals surface area contributed by atoms with Crippen molar-refractivity contribution in [1.29, 1.82) is 0 Å². The highest BCUT2D eigenvalue weighted by Gasteiger charge is 2.15. The van der Waals surface area contributed by atoms with Gasteiger partial charge in [0.2, 0.25) is 0 Å². The van der Waals surface area contributed by atoms with Crippen molar-refractivity contribution in [3.05, 3.63) is 53.6 Å². The van der Waals surface area contributed by atoms with E-state index in [9.17, 15) is 9.59 Å². The highest BCUT2D eigenvalue weighted by molar-refractivity contribution is 7.80. The Balaban J connectivity index is 1.96. The van der Waals surface area contributed by atoms with Gasteiger partial charge in [-0.25, -0.2) is 0 Å². The number of methoxy groups -OCH3 is 2. The third-order valence-electron chi connectivity index (χ3n) is 3.66. The summed E-state index contributed by atoms with van der Waals surface area (Å²) in [7, 11) is 2.98. The number of hydrazine groups is 1. The van der Waals surface area contributed by atoms with Crippen molar-refractivity contribution in [3.8, 4) is 17.2 Å². The maximum Gasteiger partial charge on any atom is 0.269 e. The van der Waals surface area contributed by atoms with Gasteiger partial charge in [0.1, 0.15) is 5.75 Å². The van der Waals surface area contributed by atoms with Crippen LogP contribution in [0.5, 0.6) is 17.2 Å². The van der Waals surface area contributed by atoms with Crippen LogP contribution >= 0.6 is 12.2 Å². The monoisotopic (exact) mass is 417 g/mol. The van der Waals surface area contributed by atoms with E-state index < -0.39 is 11.8 Å². The van der Waals surface area contributed by atoms with Crippen LogP contribution in [0.25, 0.3) is 0 Å². The number of hydrogen-bond donors (Lipinski definition) is 3. The Kier molecular flexibility index (Phi) is 7.79. The Bertz CT molecular complexity index is 901. The topological polar surface area (TPSA) is 97.9 Å². The second-order valence-corrected chi connectivity index (χ2v) is 6.50. The van der Waals surface area contributed by atoms with E-state index in [1.54, 1.807) is 36.4 Å². The number of amides is 2. The molecule has 0 atom stereocenters. The van der Waals surface area contributed by atoms with Crippen molar-refractivity contribution in [2.75, 3.05) is 14.2 Å². The van der Waals surface area contributed by atoms with E-state index in [2.05, 4.69) is 16.2 Å². The predicted molar refractivity (Wildman–Crippen MR) is 112 cm³/mol. The van der Waals surface area contributed by atoms with Crippen LogP contribution in [-0.4, -0.2) is 37.3 Å². The van der Waals surface area contributed by atoms with Gasteiger partial charge in [0.15, 0.2) is 16.6 Å². The number of nitrogens with one attached hydrogen (secondary N) is 3. The number of ether oxygens (including phenoxy) is 3. The number of para-hydroxylation sites is 1. The molecule has 0 saturated carbocycles. The molecular weight excluding hydrogens is 394 g/mol. The summed E-state index contributed by atoms with van der Waals surface area (Å²) in [5.74, 6) is 0.433. The molecule has 2 amide bonds. The standard InChI is InChI=1S/C20H23N3O5S/c1-12(2)28-15-8-6-5-7-14(15)19(25)21-20(29)23-22-18(24)13-9-10-16(26-3)17(11-13)27-4/h5-12H,1-4H3,(H,22,24)(H2,21,23,25,29). The molecule has 0 fully saturated rings. The van der Waals surface area contributed by atoms with Crippen molar-refractivity contribution in [2.45, 2.75) is 20.0 Å². The van der Waals surface area contributed by atoms with Crippen LogP contribution in [0.2, 0.25) is 0 Å². The number of benzene rings is 2. The molecule has 0 unspecified atom stereocenters. The fourth-order valence-electron chi connectivity index (χ4n) is 2.38. The van der Waals surface area contributed by atoms with E-state index in [1.807, 2.05) is 13.8 Å². The lowest BCUT2D eigenvalue weighted by atomic mass is 10.2. The van der Waals surface area contributed by atoms with E-state index in [-0.39, 0.29) is 11.2 Å². The first-order chi connectivity index (χ1) is 13.8. The van der Waals surface area contributed by atoms with Gasteiger partial charge in [0, 0.05) is 5.56 Å². The summed E-state index contributed by atoms with van der Waals surface area (Å²) < 4.78 is 15.9. The minimum atomic E-state index is -0.467. The molecular formula is C20H23N3O5S. The van der Waals surface area contributed by atoms with E-state index >= 15 is 0 Å². The average molecular weight is 417 g/mol. The SMILES string of the molecule is COc1ccc(C(=O)NNC(=S)NC(=O)c2ccccc2OC(C)C)cc1OC. The van der Waals surface area contributed by atoms with E-state index in [0.29, 0.717) is 28.4 Å². The van der Waals surface area contributed by atoms with Crippen molar-refractivity contribution in [3.63, 3.8) is 0 Å². The van der Waals surface area contributed by atoms with Crippen LogP contribution in [0.4, 0.5) is 0 Å². The average Bonchev–Trinajstić information content (AvgIpc) is 2.71. The molecule has 0 radical (unpaired) electrons. The fourth-order valence-corrected chi connectivity index (χ4v) is 2.52. The molecule has 2 aromatic carbocycles. The molecule has 9 heteroatoms. The third-order valence-corrected chi connectivity index (χ3v) is 3.86. The molecule has 154 valence electrons. The second-order valence-electron chi connectivity index (χ2n) is 6.09. The highest BCUT2D eigenvalue weighted by atomic mass is 32.1. The molecule has 2 aromatic rings. The van der Waals surface area contributed by atoms with Gasteiger partial charge in [-0.1, -0.05) is 12.1 Å². The van der Waals surface area contributed by atoms with E-state index in [0.717, 1.165) is 0 Å². The number of rotatable bonds is 6. The van der Waals surface area contributed by atoms with E-state index in [1.165, 1.54) is 20.3 Å². The molecule has 3 N–H and O–H groups in total. The fraction of sp³-hybridized carbons (Fsp3) is 0.250. The van der Waals surface area contributed by atoms with Crippen LogP contribution < -0.4 is 30.4 Å². The molecule has 0 aliphatic heterocycles. The van der Waals surface area contributed by atoms with Gasteiger partial charge in [-0.15, -0.1) is 0 Å². The summed E-state index contributed by atoms with van der Waals surface area (Å²) in [4.78, 5) is 24.8. The quantitative estimate of drug-likeness (QED) is 0.491. The smallest absolute Gasteiger partial charge is 0.269 e. The molecule has 29 heavy (non-hydrogen) atoms. The first kappa shape index (κ1) is 22.0. The van der Waals surface area contributed by atoms with Gasteiger partial charge in [0.05, 0.1) is 25.9 Å². The van der Waals surface area contributed by atoms with Crippen LogP contribution in [0.15, 0.2) is 42.5 Å². The lowest BCUT2D eigenvalue weighted by molar-refractivity contribution is 0.0933. The Morgan fingerprint density at radius 3 is 2.24 bits per heavy atom. The second kappa shape index (κ2) is 10.3. The molecule has 0 saturated heterocycles. The Morgan fingerprint density at radius 1 is 0.897 bits per heavy atom. The molecule has 0 aliphatic rings. The number of thiocarbonyl (C=S) groups is 1. The first-order valence-electron chi connectivity index (χ1n) is 8.75. The van der Waals surface area contributed by atoms with Gasteiger partial charge in [-0.2, -0.15) is 0 Å². The van der Waals surface area contributed by atoms with Crippen molar-refractivity contribution < 1.29 is 23.8 Å². The van der Waals surface area contributed by atoms with Crippen LogP contribution in [0.3, 0.4) is 0 Å². The summed E-state index contributed by atoms with van der Waals surface area (Å²) >= 11 is 5.07. The first-order valence-corrected chi connectivity index (χ1v) is 9.16.